The van der Waals surface area contributed by atoms with Crippen LogP contribution in [0.1, 0.15) is 17.0 Å². The second-order valence-corrected chi connectivity index (χ2v) is 5.32. The number of aromatic nitrogens is 2. The summed E-state index contributed by atoms with van der Waals surface area (Å²) < 4.78 is 37.8. The highest BCUT2D eigenvalue weighted by Gasteiger charge is 2.33. The number of alkyl halides is 3. The summed E-state index contributed by atoms with van der Waals surface area (Å²) in [4.78, 5) is 17.3. The zero-order valence-electron chi connectivity index (χ0n) is 11.0. The maximum atomic E-state index is 12.6. The number of benzene rings is 1. The fourth-order valence-electron chi connectivity index (χ4n) is 1.59. The molecule has 0 unspecified atom stereocenters. The number of imidazole rings is 1. The molecule has 1 aromatic heterocycles. The lowest BCUT2D eigenvalue weighted by Gasteiger charge is -2.07. The van der Waals surface area contributed by atoms with Gasteiger partial charge < -0.3 is 4.98 Å². The molecule has 2 rings (SSSR count). The van der Waals surface area contributed by atoms with E-state index in [1.54, 1.807) is 13.8 Å². The molecule has 0 saturated heterocycles. The van der Waals surface area contributed by atoms with E-state index in [1.807, 2.05) is 0 Å². The minimum atomic E-state index is -4.62. The fourth-order valence-corrected chi connectivity index (χ4v) is 2.56. The maximum absolute atomic E-state index is 12.6. The summed E-state index contributed by atoms with van der Waals surface area (Å²) in [7, 11) is 0. The van der Waals surface area contributed by atoms with Gasteiger partial charge >= 0.3 is 6.18 Å². The van der Waals surface area contributed by atoms with Gasteiger partial charge in [-0.25, -0.2) is 4.98 Å². The zero-order chi connectivity index (χ0) is 15.8. The highest BCUT2D eigenvalue weighted by molar-refractivity contribution is 7.99. The third kappa shape index (κ3) is 3.35. The van der Waals surface area contributed by atoms with Crippen molar-refractivity contribution in [3.63, 3.8) is 0 Å². The summed E-state index contributed by atoms with van der Waals surface area (Å²) in [6, 6.07) is 2.43. The second-order valence-electron chi connectivity index (χ2n) is 4.29. The number of rotatable bonds is 3. The van der Waals surface area contributed by atoms with E-state index in [9.17, 15) is 23.3 Å². The van der Waals surface area contributed by atoms with Gasteiger partial charge in [-0.1, -0.05) is 0 Å². The lowest BCUT2D eigenvalue weighted by molar-refractivity contribution is -0.388. The van der Waals surface area contributed by atoms with E-state index in [0.29, 0.717) is 11.2 Å². The van der Waals surface area contributed by atoms with E-state index >= 15 is 0 Å². The van der Waals surface area contributed by atoms with Crippen LogP contribution in [0.15, 0.2) is 28.3 Å². The van der Waals surface area contributed by atoms with Crippen molar-refractivity contribution >= 4 is 17.4 Å². The Morgan fingerprint density at radius 1 is 1.33 bits per heavy atom. The van der Waals surface area contributed by atoms with Gasteiger partial charge in [-0.05, 0) is 37.7 Å². The number of aromatic amines is 1. The standard InChI is InChI=1S/C12H10F3N3O2S/c1-6-7(2)17-11(16-6)21-10-4-3-8(12(13,14)15)5-9(10)18(19)20/h3-5H,1-2H3,(H,16,17). The van der Waals surface area contributed by atoms with Gasteiger partial charge in [-0.15, -0.1) is 0 Å². The molecule has 0 radical (unpaired) electrons. The Balaban J connectivity index is 2.41. The molecule has 0 aliphatic carbocycles. The number of nitro benzene ring substituents is 1. The number of nitro groups is 1. The van der Waals surface area contributed by atoms with Gasteiger partial charge in [0.15, 0.2) is 5.16 Å². The molecule has 1 aromatic carbocycles. The van der Waals surface area contributed by atoms with Crippen molar-refractivity contribution < 1.29 is 18.1 Å². The third-order valence-corrected chi connectivity index (χ3v) is 3.75. The highest BCUT2D eigenvalue weighted by Crippen LogP contribution is 2.38. The van der Waals surface area contributed by atoms with Gasteiger partial charge in [-0.3, -0.25) is 10.1 Å². The molecule has 2 aromatic rings. The van der Waals surface area contributed by atoms with Gasteiger partial charge in [0.2, 0.25) is 0 Å². The number of hydrogen-bond donors (Lipinski definition) is 1. The Bertz CT molecular complexity index is 678. The molecule has 1 heterocycles. The molecule has 21 heavy (non-hydrogen) atoms. The average molecular weight is 317 g/mol. The molecule has 0 bridgehead atoms. The lowest BCUT2D eigenvalue weighted by atomic mass is 10.2. The minimum absolute atomic E-state index is 0.0988. The van der Waals surface area contributed by atoms with Gasteiger partial charge in [0.25, 0.3) is 5.69 Å². The molecule has 0 saturated carbocycles. The molecular weight excluding hydrogens is 307 g/mol. The highest BCUT2D eigenvalue weighted by atomic mass is 32.2. The van der Waals surface area contributed by atoms with Crippen molar-refractivity contribution in [1.82, 2.24) is 9.97 Å². The Kier molecular flexibility index (Phi) is 3.95. The number of nitrogens with one attached hydrogen (secondary N) is 1. The number of H-pyrrole nitrogens is 1. The number of hydrogen-bond acceptors (Lipinski definition) is 4. The van der Waals surface area contributed by atoms with E-state index in [-0.39, 0.29) is 4.90 Å². The van der Waals surface area contributed by atoms with Crippen molar-refractivity contribution in [3.8, 4) is 0 Å². The monoisotopic (exact) mass is 317 g/mol. The summed E-state index contributed by atoms with van der Waals surface area (Å²) >= 11 is 0.921. The number of halogens is 3. The van der Waals surface area contributed by atoms with Crippen LogP contribution in [0.2, 0.25) is 0 Å². The van der Waals surface area contributed by atoms with Crippen LogP contribution in [0.5, 0.6) is 0 Å². The summed E-state index contributed by atoms with van der Waals surface area (Å²) in [6.45, 7) is 3.55. The molecule has 1 N–H and O–H groups in total. The van der Waals surface area contributed by atoms with E-state index in [4.69, 9.17) is 0 Å². The third-order valence-electron chi connectivity index (χ3n) is 2.80. The topological polar surface area (TPSA) is 71.8 Å². The first-order valence-electron chi connectivity index (χ1n) is 5.75. The lowest BCUT2D eigenvalue weighted by Crippen LogP contribution is -2.05. The molecular formula is C12H10F3N3O2S. The molecule has 0 amide bonds. The van der Waals surface area contributed by atoms with Crippen LogP contribution < -0.4 is 0 Å². The van der Waals surface area contributed by atoms with Crippen LogP contribution >= 0.6 is 11.8 Å². The maximum Gasteiger partial charge on any atom is 0.416 e. The Morgan fingerprint density at radius 3 is 2.48 bits per heavy atom. The summed E-state index contributed by atoms with van der Waals surface area (Å²) in [5, 5.41) is 11.4. The first kappa shape index (κ1) is 15.4. The largest absolute Gasteiger partial charge is 0.416 e. The Labute approximate surface area is 121 Å². The molecule has 112 valence electrons. The predicted molar refractivity (Wildman–Crippen MR) is 70.3 cm³/mol. The van der Waals surface area contributed by atoms with E-state index in [2.05, 4.69) is 9.97 Å². The van der Waals surface area contributed by atoms with Crippen molar-refractivity contribution in [2.24, 2.45) is 0 Å². The summed E-state index contributed by atoms with van der Waals surface area (Å²) in [5.74, 6) is 0. The Morgan fingerprint density at radius 2 is 2.00 bits per heavy atom. The number of nitrogens with zero attached hydrogens (tertiary/aromatic N) is 2. The van der Waals surface area contributed by atoms with Crippen LogP contribution in [-0.2, 0) is 6.18 Å². The average Bonchev–Trinajstić information content (AvgIpc) is 2.67. The summed E-state index contributed by atoms with van der Waals surface area (Å²) in [6.07, 6.45) is -4.62. The summed E-state index contributed by atoms with van der Waals surface area (Å²) in [5.41, 5.74) is -0.119. The van der Waals surface area contributed by atoms with Crippen LogP contribution in [0.3, 0.4) is 0 Å². The van der Waals surface area contributed by atoms with Crippen LogP contribution in [0.4, 0.5) is 18.9 Å². The van der Waals surface area contributed by atoms with Gasteiger partial charge in [0.1, 0.15) is 0 Å². The van der Waals surface area contributed by atoms with E-state index in [0.717, 1.165) is 35.3 Å². The van der Waals surface area contributed by atoms with Crippen molar-refractivity contribution in [3.05, 3.63) is 45.3 Å². The van der Waals surface area contributed by atoms with Gasteiger partial charge in [0.05, 0.1) is 21.1 Å². The molecule has 0 aliphatic rings. The van der Waals surface area contributed by atoms with Gasteiger partial charge in [0, 0.05) is 11.8 Å². The quantitative estimate of drug-likeness (QED) is 0.683. The van der Waals surface area contributed by atoms with Crippen LogP contribution in [-0.4, -0.2) is 14.9 Å². The molecule has 5 nitrogen and oxygen atoms in total. The van der Waals surface area contributed by atoms with E-state index in [1.165, 1.54) is 0 Å². The first-order chi connectivity index (χ1) is 9.68. The second kappa shape index (κ2) is 5.40. The molecule has 0 aliphatic heterocycles. The zero-order valence-corrected chi connectivity index (χ0v) is 11.8. The van der Waals surface area contributed by atoms with Crippen LogP contribution in [0.25, 0.3) is 0 Å². The minimum Gasteiger partial charge on any atom is -0.337 e. The first-order valence-corrected chi connectivity index (χ1v) is 6.57. The van der Waals surface area contributed by atoms with Crippen molar-refractivity contribution in [2.45, 2.75) is 30.1 Å². The SMILES string of the molecule is Cc1nc(Sc2ccc(C(F)(F)F)cc2[N+](=O)[O-])[nH]c1C. The fraction of sp³-hybridized carbons (Fsp3) is 0.250. The van der Waals surface area contributed by atoms with E-state index < -0.39 is 22.4 Å². The smallest absolute Gasteiger partial charge is 0.337 e. The van der Waals surface area contributed by atoms with Gasteiger partial charge in [-0.2, -0.15) is 13.2 Å². The molecule has 9 heteroatoms. The van der Waals surface area contributed by atoms with Crippen LogP contribution in [0, 0.1) is 24.0 Å². The van der Waals surface area contributed by atoms with Crippen molar-refractivity contribution in [2.75, 3.05) is 0 Å². The number of aryl methyl sites for hydroxylation is 2. The molecule has 0 spiro atoms. The molecule has 0 atom stereocenters. The van der Waals surface area contributed by atoms with Crippen molar-refractivity contribution in [1.29, 1.82) is 0 Å². The predicted octanol–water partition coefficient (Wildman–Crippen LogP) is 4.10. The molecule has 0 fully saturated rings. The Hall–Kier alpha value is -2.03. The normalized spacial score (nSPS) is 11.7.